The first-order valence-corrected chi connectivity index (χ1v) is 14.5. The van der Waals surface area contributed by atoms with Crippen LogP contribution in [0.4, 0.5) is 18.0 Å². The Morgan fingerprint density at radius 3 is 2.73 bits per heavy atom. The van der Waals surface area contributed by atoms with Crippen LogP contribution in [0.15, 0.2) is 12.3 Å². The molecule has 1 aromatic rings. The lowest BCUT2D eigenvalue weighted by molar-refractivity contribution is -0.143. The predicted octanol–water partition coefficient (Wildman–Crippen LogP) is 3.21. The maximum atomic E-state index is 14.4. The van der Waals surface area contributed by atoms with E-state index in [4.69, 9.17) is 9.47 Å². The first kappa shape index (κ1) is 30.0. The summed E-state index contributed by atoms with van der Waals surface area (Å²) in [5.41, 5.74) is -0.667. The van der Waals surface area contributed by atoms with Gasteiger partial charge in [0.1, 0.15) is 0 Å². The number of nitrogens with one attached hydrogen (secondary N) is 2. The quantitative estimate of drug-likeness (QED) is 0.555. The second-order valence-corrected chi connectivity index (χ2v) is 13.3. The largest absolute Gasteiger partial charge is 0.417 e. The van der Waals surface area contributed by atoms with E-state index in [1.807, 2.05) is 20.8 Å². The minimum absolute atomic E-state index is 0.0556. The zero-order valence-electron chi connectivity index (χ0n) is 24.4. The van der Waals surface area contributed by atoms with Gasteiger partial charge in [-0.1, -0.05) is 20.8 Å². The van der Waals surface area contributed by atoms with Gasteiger partial charge in [0.15, 0.2) is 0 Å². The molecule has 0 spiro atoms. The van der Waals surface area contributed by atoms with Crippen molar-refractivity contribution in [1.82, 2.24) is 25.4 Å². The number of carbonyl (C=O) groups excluding carboxylic acids is 2. The van der Waals surface area contributed by atoms with Gasteiger partial charge in [-0.05, 0) is 42.2 Å². The second kappa shape index (κ2) is 11.3. The van der Waals surface area contributed by atoms with E-state index < -0.39 is 17.2 Å². The summed E-state index contributed by atoms with van der Waals surface area (Å²) in [6, 6.07) is 1.09. The van der Waals surface area contributed by atoms with E-state index in [1.54, 1.807) is 16.9 Å². The number of rotatable bonds is 5. The molecule has 2 unspecified atom stereocenters. The Morgan fingerprint density at radius 2 is 2.02 bits per heavy atom. The average molecular weight is 582 g/mol. The summed E-state index contributed by atoms with van der Waals surface area (Å²) in [7, 11) is 1.67. The molecule has 9 nitrogen and oxygen atoms in total. The van der Waals surface area contributed by atoms with Crippen molar-refractivity contribution >= 4 is 11.9 Å². The van der Waals surface area contributed by atoms with Crippen LogP contribution in [-0.2, 0) is 33.4 Å². The number of urea groups is 1. The summed E-state index contributed by atoms with van der Waals surface area (Å²) in [5, 5.41) is 6.74. The number of nitrogens with zero attached hydrogens (tertiary/aromatic N) is 3. The summed E-state index contributed by atoms with van der Waals surface area (Å²) in [4.78, 5) is 35.0. The molecular weight excluding hydrogens is 539 g/mol. The fourth-order valence-corrected chi connectivity index (χ4v) is 6.94. The molecule has 1 aromatic heterocycles. The number of fused-ring (bicyclic) bond motifs is 2. The van der Waals surface area contributed by atoms with Crippen molar-refractivity contribution in [1.29, 1.82) is 0 Å². The number of amides is 3. The Morgan fingerprint density at radius 1 is 1.24 bits per heavy atom. The van der Waals surface area contributed by atoms with Gasteiger partial charge in [0, 0.05) is 76.8 Å². The van der Waals surface area contributed by atoms with Crippen molar-refractivity contribution in [3.8, 4) is 0 Å². The number of aromatic nitrogens is 1. The molecule has 3 amide bonds. The standard InChI is InChI=1S/C29H42F3N5O4/c1-27(2,3)16-34-26(39)37-14-20-10-21(35-23-6-8-41-15-24(23)40-4)11-28(20,17-37)25(38)36-7-5-22-18(13-36)9-19(12-33-22)29(30,31)32/h9,12,20-21,23-24,35H,5-8,10-11,13-17H2,1-4H3,(H,34,39)/t20-,21+,23?,24?,28+/m1/s1. The van der Waals surface area contributed by atoms with E-state index >= 15 is 0 Å². The molecule has 3 fully saturated rings. The van der Waals surface area contributed by atoms with Crippen molar-refractivity contribution in [2.75, 3.05) is 46.5 Å². The lowest BCUT2D eigenvalue weighted by Crippen LogP contribution is -2.53. The highest BCUT2D eigenvalue weighted by Gasteiger charge is 2.60. The number of methoxy groups -OCH3 is 1. The Bertz CT molecular complexity index is 1140. The van der Waals surface area contributed by atoms with Crippen LogP contribution in [0, 0.1) is 16.7 Å². The Labute approximate surface area is 239 Å². The molecule has 2 N–H and O–H groups in total. The van der Waals surface area contributed by atoms with Gasteiger partial charge in [0.2, 0.25) is 5.91 Å². The third kappa shape index (κ3) is 6.34. The number of halogens is 3. The molecule has 0 aromatic carbocycles. The zero-order valence-corrected chi connectivity index (χ0v) is 24.4. The van der Waals surface area contributed by atoms with E-state index in [2.05, 4.69) is 15.6 Å². The predicted molar refractivity (Wildman–Crippen MR) is 145 cm³/mol. The van der Waals surface area contributed by atoms with Crippen LogP contribution < -0.4 is 10.6 Å². The summed E-state index contributed by atoms with van der Waals surface area (Å²) in [5.74, 6) is -0.147. The molecule has 5 rings (SSSR count). The molecule has 4 aliphatic rings. The SMILES string of the molecule is COC1COCCC1N[C@H]1C[C@@H]2CN(C(=O)NCC(C)(C)C)C[C@@]2(C(=O)N2CCc3ncc(C(F)(F)F)cc3C2)C1. The van der Waals surface area contributed by atoms with E-state index in [9.17, 15) is 22.8 Å². The molecule has 228 valence electrons. The van der Waals surface area contributed by atoms with Crippen LogP contribution >= 0.6 is 0 Å². The minimum Gasteiger partial charge on any atom is -0.379 e. The molecule has 1 aliphatic carbocycles. The van der Waals surface area contributed by atoms with E-state index in [1.165, 1.54) is 0 Å². The van der Waals surface area contributed by atoms with Crippen molar-refractivity contribution in [3.05, 3.63) is 29.1 Å². The van der Waals surface area contributed by atoms with E-state index in [0.29, 0.717) is 56.9 Å². The average Bonchev–Trinajstić information content (AvgIpc) is 3.45. The topological polar surface area (TPSA) is 96.0 Å². The van der Waals surface area contributed by atoms with Crippen LogP contribution in [0.3, 0.4) is 0 Å². The van der Waals surface area contributed by atoms with Crippen LogP contribution in [-0.4, -0.2) is 91.4 Å². The monoisotopic (exact) mass is 581 g/mol. The fraction of sp³-hybridized carbons (Fsp3) is 0.759. The van der Waals surface area contributed by atoms with Crippen LogP contribution in [0.1, 0.15) is 56.9 Å². The summed E-state index contributed by atoms with van der Waals surface area (Å²) in [6.45, 7) is 9.02. The normalized spacial score (nSPS) is 30.2. The molecule has 0 bridgehead atoms. The summed E-state index contributed by atoms with van der Waals surface area (Å²) >= 11 is 0. The molecule has 3 aliphatic heterocycles. The van der Waals surface area contributed by atoms with Crippen molar-refractivity contribution < 1.29 is 32.2 Å². The Balaban J connectivity index is 1.36. The van der Waals surface area contributed by atoms with Crippen LogP contribution in [0.5, 0.6) is 0 Å². The van der Waals surface area contributed by atoms with E-state index in [-0.39, 0.29) is 54.5 Å². The van der Waals surface area contributed by atoms with Gasteiger partial charge in [-0.15, -0.1) is 0 Å². The number of pyridine rings is 1. The van der Waals surface area contributed by atoms with Gasteiger partial charge >= 0.3 is 12.2 Å². The maximum absolute atomic E-state index is 14.4. The van der Waals surface area contributed by atoms with Gasteiger partial charge < -0.3 is 29.9 Å². The molecule has 1 saturated carbocycles. The number of likely N-dealkylation sites (tertiary alicyclic amines) is 1. The second-order valence-electron chi connectivity index (χ2n) is 13.3. The Hall–Kier alpha value is -2.44. The van der Waals surface area contributed by atoms with Gasteiger partial charge in [-0.2, -0.15) is 13.2 Å². The van der Waals surface area contributed by atoms with Crippen LogP contribution in [0.25, 0.3) is 0 Å². The van der Waals surface area contributed by atoms with Gasteiger partial charge in [-0.3, -0.25) is 9.78 Å². The molecule has 0 radical (unpaired) electrons. The minimum atomic E-state index is -4.50. The number of carbonyl (C=O) groups is 2. The summed E-state index contributed by atoms with van der Waals surface area (Å²) in [6.07, 6.45) is -1.23. The third-order valence-electron chi connectivity index (χ3n) is 9.07. The zero-order chi connectivity index (χ0) is 29.6. The van der Waals surface area contributed by atoms with Crippen LogP contribution in [0.2, 0.25) is 0 Å². The number of hydrogen-bond donors (Lipinski definition) is 2. The molecule has 4 heterocycles. The summed E-state index contributed by atoms with van der Waals surface area (Å²) < 4.78 is 51.4. The number of alkyl halides is 3. The van der Waals surface area contributed by atoms with Gasteiger partial charge in [-0.25, -0.2) is 4.79 Å². The molecular formula is C29H42F3N5O4. The first-order valence-electron chi connectivity index (χ1n) is 14.5. The fourth-order valence-electron chi connectivity index (χ4n) is 6.94. The first-order chi connectivity index (χ1) is 19.3. The lowest BCUT2D eigenvalue weighted by Gasteiger charge is -2.38. The molecule has 2 saturated heterocycles. The highest BCUT2D eigenvalue weighted by atomic mass is 19.4. The number of hydrogen-bond acceptors (Lipinski definition) is 6. The van der Waals surface area contributed by atoms with Gasteiger partial charge in [0.05, 0.1) is 23.7 Å². The molecule has 12 heteroatoms. The highest BCUT2D eigenvalue weighted by Crippen LogP contribution is 2.51. The highest BCUT2D eigenvalue weighted by molar-refractivity contribution is 5.86. The third-order valence-corrected chi connectivity index (χ3v) is 9.07. The van der Waals surface area contributed by atoms with Crippen molar-refractivity contribution in [2.24, 2.45) is 16.7 Å². The smallest absolute Gasteiger partial charge is 0.379 e. The molecule has 5 atom stereocenters. The lowest BCUT2D eigenvalue weighted by atomic mass is 9.78. The number of ether oxygens (including phenoxy) is 2. The maximum Gasteiger partial charge on any atom is 0.417 e. The molecule has 41 heavy (non-hydrogen) atoms. The van der Waals surface area contributed by atoms with Crippen molar-refractivity contribution in [3.63, 3.8) is 0 Å². The van der Waals surface area contributed by atoms with Gasteiger partial charge in [0.25, 0.3) is 0 Å². The van der Waals surface area contributed by atoms with Crippen molar-refractivity contribution in [2.45, 2.75) is 77.4 Å². The Kier molecular flexibility index (Phi) is 8.30. The van der Waals surface area contributed by atoms with E-state index in [0.717, 1.165) is 25.1 Å².